The van der Waals surface area contributed by atoms with Gasteiger partial charge >= 0.3 is 5.97 Å². The lowest BCUT2D eigenvalue weighted by molar-refractivity contribution is -0.152. The smallest absolute Gasteiger partial charge is 0.329 e. The molecule has 0 N–H and O–H groups in total. The lowest BCUT2D eigenvalue weighted by Crippen LogP contribution is -2.47. The Morgan fingerprint density at radius 2 is 1.82 bits per heavy atom. The van der Waals surface area contributed by atoms with E-state index in [9.17, 15) is 14.9 Å². The Morgan fingerprint density at radius 1 is 1.08 bits per heavy atom. The van der Waals surface area contributed by atoms with Crippen LogP contribution in [0.15, 0.2) is 81.8 Å². The van der Waals surface area contributed by atoms with Crippen molar-refractivity contribution in [1.82, 2.24) is 0 Å². The van der Waals surface area contributed by atoms with Crippen LogP contribution in [0.1, 0.15) is 34.3 Å². The van der Waals surface area contributed by atoms with Gasteiger partial charge in [-0.15, -0.1) is 0 Å². The molecule has 5 rings (SSSR count). The Labute approximate surface area is 238 Å². The van der Waals surface area contributed by atoms with Gasteiger partial charge in [0.05, 0.1) is 30.3 Å². The average Bonchev–Trinajstić information content (AvgIpc) is 3.25. The molecule has 3 aromatic rings. The Morgan fingerprint density at radius 3 is 2.47 bits per heavy atom. The van der Waals surface area contributed by atoms with Gasteiger partial charge in [0.1, 0.15) is 11.8 Å². The number of benzene rings is 3. The molecule has 38 heavy (non-hydrogen) atoms. The van der Waals surface area contributed by atoms with E-state index >= 15 is 0 Å². The number of anilines is 1. The summed E-state index contributed by atoms with van der Waals surface area (Å²) < 4.78 is 12.4. The number of hydrogen-bond acceptors (Lipinski definition) is 6. The summed E-state index contributed by atoms with van der Waals surface area (Å²) in [5, 5.41) is 10.8. The van der Waals surface area contributed by atoms with E-state index in [0.29, 0.717) is 21.3 Å². The number of carbonyl (C=O) groups excluding carboxylic acids is 2. The molecule has 0 spiro atoms. The standard InChI is InChI=1S/C30H24Br2N2O4/c1-3-38-29(36)30(17-33)25-15-11-18-6-4-5-7-23(18)34(25)27(26(30)19-8-12-21(31)13-9-19)28(35)20-10-14-24(37-2)22(32)16-20/h4-16,25-27H,3H2,1-2H3/t25-,26-,27-,30+/m0/s1. The fourth-order valence-electron chi connectivity index (χ4n) is 5.65. The van der Waals surface area contributed by atoms with Crippen LogP contribution in [0.5, 0.6) is 5.75 Å². The second-order valence-electron chi connectivity index (χ2n) is 9.16. The molecule has 4 atom stereocenters. The zero-order valence-corrected chi connectivity index (χ0v) is 23.9. The number of para-hydroxylation sites is 1. The average molecular weight is 636 g/mol. The number of nitriles is 1. The maximum Gasteiger partial charge on any atom is 0.329 e. The summed E-state index contributed by atoms with van der Waals surface area (Å²) in [6.45, 7) is 1.83. The summed E-state index contributed by atoms with van der Waals surface area (Å²) in [6.07, 6.45) is 3.77. The second-order valence-corrected chi connectivity index (χ2v) is 10.9. The fraction of sp³-hybridized carbons (Fsp3) is 0.233. The second kappa shape index (κ2) is 10.4. The SMILES string of the molecule is CCOC(=O)[C@]1(C#N)[C@@H]2C=Cc3ccccc3N2[C@H](C(=O)c2ccc(OC)c(Br)c2)[C@@H]1c1ccc(Br)cc1. The highest BCUT2D eigenvalue weighted by Crippen LogP contribution is 2.56. The molecule has 0 saturated carbocycles. The van der Waals surface area contributed by atoms with Crippen molar-refractivity contribution in [1.29, 1.82) is 5.26 Å². The number of ketones is 1. The van der Waals surface area contributed by atoms with Gasteiger partial charge in [-0.05, 0) is 70.4 Å². The predicted octanol–water partition coefficient (Wildman–Crippen LogP) is 6.54. The molecule has 2 aliphatic rings. The van der Waals surface area contributed by atoms with Crippen LogP contribution in [0.25, 0.3) is 6.08 Å². The van der Waals surface area contributed by atoms with Crippen molar-refractivity contribution in [2.75, 3.05) is 18.6 Å². The van der Waals surface area contributed by atoms with Crippen LogP contribution in [0.4, 0.5) is 5.69 Å². The van der Waals surface area contributed by atoms with Crippen molar-refractivity contribution in [2.24, 2.45) is 5.41 Å². The zero-order valence-electron chi connectivity index (χ0n) is 20.7. The first-order valence-electron chi connectivity index (χ1n) is 12.1. The molecule has 0 amide bonds. The Hall–Kier alpha value is -3.41. The quantitative estimate of drug-likeness (QED) is 0.226. The van der Waals surface area contributed by atoms with Crippen LogP contribution >= 0.6 is 31.9 Å². The predicted molar refractivity (Wildman–Crippen MR) is 152 cm³/mol. The molecule has 8 heteroatoms. The molecule has 192 valence electrons. The third kappa shape index (κ3) is 4.05. The number of Topliss-reactive ketones (excluding diaryl/α,β-unsaturated/α-hetero) is 1. The summed E-state index contributed by atoms with van der Waals surface area (Å²) in [6, 6.07) is 21.1. The fourth-order valence-corrected chi connectivity index (χ4v) is 6.46. The Bertz CT molecular complexity index is 1480. The number of fused-ring (bicyclic) bond motifs is 3. The highest BCUT2D eigenvalue weighted by Gasteiger charge is 2.67. The van der Waals surface area contributed by atoms with Gasteiger partial charge in [0.25, 0.3) is 0 Å². The van der Waals surface area contributed by atoms with Crippen molar-refractivity contribution in [3.63, 3.8) is 0 Å². The molecule has 3 aromatic carbocycles. The molecule has 0 unspecified atom stereocenters. The monoisotopic (exact) mass is 634 g/mol. The molecular weight excluding hydrogens is 612 g/mol. The van der Waals surface area contributed by atoms with Crippen LogP contribution in [0, 0.1) is 16.7 Å². The van der Waals surface area contributed by atoms with Gasteiger partial charge in [-0.2, -0.15) is 5.26 Å². The number of hydrogen-bond donors (Lipinski definition) is 0. The van der Waals surface area contributed by atoms with Crippen LogP contribution in [-0.4, -0.2) is 37.6 Å². The van der Waals surface area contributed by atoms with Crippen molar-refractivity contribution in [3.8, 4) is 11.8 Å². The van der Waals surface area contributed by atoms with E-state index in [2.05, 4.69) is 37.9 Å². The van der Waals surface area contributed by atoms with E-state index < -0.39 is 29.4 Å². The minimum absolute atomic E-state index is 0.117. The largest absolute Gasteiger partial charge is 0.496 e. The van der Waals surface area contributed by atoms with Crippen molar-refractivity contribution in [2.45, 2.75) is 24.9 Å². The zero-order chi connectivity index (χ0) is 27.0. The van der Waals surface area contributed by atoms with Crippen molar-refractivity contribution in [3.05, 3.63) is 98.4 Å². The van der Waals surface area contributed by atoms with Gasteiger partial charge in [-0.3, -0.25) is 9.59 Å². The van der Waals surface area contributed by atoms with E-state index in [1.165, 1.54) is 0 Å². The van der Waals surface area contributed by atoms with E-state index in [4.69, 9.17) is 9.47 Å². The lowest BCUT2D eigenvalue weighted by atomic mass is 9.68. The molecule has 1 saturated heterocycles. The first-order valence-corrected chi connectivity index (χ1v) is 13.7. The van der Waals surface area contributed by atoms with E-state index in [1.807, 2.05) is 65.6 Å². The van der Waals surface area contributed by atoms with Crippen molar-refractivity contribution >= 4 is 55.4 Å². The lowest BCUT2D eigenvalue weighted by Gasteiger charge is -2.36. The summed E-state index contributed by atoms with van der Waals surface area (Å²) in [5.74, 6) is -1.06. The number of esters is 1. The van der Waals surface area contributed by atoms with E-state index in [-0.39, 0.29) is 12.4 Å². The molecule has 2 aliphatic heterocycles. The molecule has 0 aromatic heterocycles. The maximum atomic E-state index is 14.5. The van der Waals surface area contributed by atoms with Gasteiger partial charge < -0.3 is 14.4 Å². The summed E-state index contributed by atoms with van der Waals surface area (Å²) in [4.78, 5) is 30.2. The molecule has 1 fully saturated rings. The normalized spacial score (nSPS) is 23.2. The summed E-state index contributed by atoms with van der Waals surface area (Å²) in [5.41, 5.74) is 1.17. The van der Waals surface area contributed by atoms with Crippen LogP contribution < -0.4 is 9.64 Å². The molecule has 6 nitrogen and oxygen atoms in total. The summed E-state index contributed by atoms with van der Waals surface area (Å²) in [7, 11) is 1.56. The number of rotatable bonds is 6. The van der Waals surface area contributed by atoms with E-state index in [0.717, 1.165) is 15.7 Å². The Balaban J connectivity index is 1.79. The number of carbonyl (C=O) groups is 2. The highest BCUT2D eigenvalue weighted by molar-refractivity contribution is 9.10. The Kier molecular flexibility index (Phi) is 7.17. The molecule has 0 bridgehead atoms. The van der Waals surface area contributed by atoms with E-state index in [1.54, 1.807) is 32.2 Å². The summed E-state index contributed by atoms with van der Waals surface area (Å²) >= 11 is 6.97. The molecule has 0 aliphatic carbocycles. The molecular formula is C30H24Br2N2O4. The third-order valence-corrected chi connectivity index (χ3v) is 8.43. The first-order chi connectivity index (χ1) is 18.4. The first kappa shape index (κ1) is 26.2. The molecule has 2 heterocycles. The van der Waals surface area contributed by atoms with Gasteiger partial charge in [0, 0.05) is 21.6 Å². The topological polar surface area (TPSA) is 79.6 Å². The van der Waals surface area contributed by atoms with Crippen molar-refractivity contribution < 1.29 is 19.1 Å². The van der Waals surface area contributed by atoms with Gasteiger partial charge in [0.15, 0.2) is 11.2 Å². The van der Waals surface area contributed by atoms with Crippen LogP contribution in [0.3, 0.4) is 0 Å². The molecule has 0 radical (unpaired) electrons. The highest BCUT2D eigenvalue weighted by atomic mass is 79.9. The minimum atomic E-state index is -1.67. The van der Waals surface area contributed by atoms with Gasteiger partial charge in [-0.25, -0.2) is 0 Å². The van der Waals surface area contributed by atoms with Gasteiger partial charge in [-0.1, -0.05) is 58.4 Å². The number of nitrogens with zero attached hydrogens (tertiary/aromatic N) is 2. The number of halogens is 2. The number of ether oxygens (including phenoxy) is 2. The number of methoxy groups -OCH3 is 1. The van der Waals surface area contributed by atoms with Crippen LogP contribution in [0.2, 0.25) is 0 Å². The maximum absolute atomic E-state index is 14.5. The third-order valence-electron chi connectivity index (χ3n) is 7.28. The van der Waals surface area contributed by atoms with Gasteiger partial charge in [0.2, 0.25) is 0 Å². The van der Waals surface area contributed by atoms with Crippen LogP contribution in [-0.2, 0) is 9.53 Å². The minimum Gasteiger partial charge on any atom is -0.496 e.